The molecule has 0 radical (unpaired) electrons. The van der Waals surface area contributed by atoms with Crippen LogP contribution in [0.3, 0.4) is 0 Å². The number of aliphatic carboxylic acids is 1. The first kappa shape index (κ1) is 27.5. The Hall–Kier alpha value is -4.51. The zero-order chi connectivity index (χ0) is 28.1. The third kappa shape index (κ3) is 6.88. The summed E-state index contributed by atoms with van der Waals surface area (Å²) in [4.78, 5) is 28.6. The van der Waals surface area contributed by atoms with Gasteiger partial charge in [-0.1, -0.05) is 35.9 Å². The molecule has 0 aliphatic heterocycles. The van der Waals surface area contributed by atoms with Crippen LogP contribution in [0.15, 0.2) is 53.5 Å². The van der Waals surface area contributed by atoms with Crippen molar-refractivity contribution < 1.29 is 24.6 Å². The molecule has 204 valence electrons. The number of anilines is 1. The lowest BCUT2D eigenvalue weighted by atomic mass is 9.94. The van der Waals surface area contributed by atoms with E-state index in [1.807, 2.05) is 0 Å². The van der Waals surface area contributed by atoms with Gasteiger partial charge < -0.3 is 31.8 Å². The van der Waals surface area contributed by atoms with Crippen molar-refractivity contribution in [2.75, 3.05) is 12.3 Å². The first-order valence-corrected chi connectivity index (χ1v) is 12.6. The molecule has 0 bridgehead atoms. The number of carboxylic acids is 1. The Kier molecular flexibility index (Phi) is 8.40. The van der Waals surface area contributed by atoms with Gasteiger partial charge in [-0.15, -0.1) is 0 Å². The average Bonchev–Trinajstić information content (AvgIpc) is 2.86. The highest BCUT2D eigenvalue weighted by Crippen LogP contribution is 2.34. The number of hydrogen-bond acceptors (Lipinski definition) is 7. The quantitative estimate of drug-likeness (QED) is 0.0964. The maximum atomic E-state index is 13.0. The largest absolute Gasteiger partial charge is 0.482 e. The van der Waals surface area contributed by atoms with Gasteiger partial charge >= 0.3 is 5.97 Å². The number of carbonyl (C=O) groups is 2. The Morgan fingerprint density at radius 2 is 1.90 bits per heavy atom. The van der Waals surface area contributed by atoms with Crippen LogP contribution in [0.1, 0.15) is 36.1 Å². The number of amidine groups is 1. The van der Waals surface area contributed by atoms with E-state index in [9.17, 15) is 14.8 Å². The second-order valence-electron chi connectivity index (χ2n) is 9.24. The molecule has 3 aromatic rings. The number of nitrogen functional groups attached to an aromatic ring is 2. The van der Waals surface area contributed by atoms with Crippen LogP contribution in [0.4, 0.5) is 5.69 Å². The van der Waals surface area contributed by atoms with Gasteiger partial charge in [0.1, 0.15) is 11.6 Å². The summed E-state index contributed by atoms with van der Waals surface area (Å²) in [6.45, 7) is -0.360. The first-order chi connectivity index (χ1) is 18.6. The Bertz CT molecular complexity index is 1480. The van der Waals surface area contributed by atoms with Gasteiger partial charge in [0.2, 0.25) is 5.91 Å². The van der Waals surface area contributed by atoms with Gasteiger partial charge in [0.05, 0.1) is 23.2 Å². The predicted octanol–water partition coefficient (Wildman–Crippen LogP) is 2.69. The van der Waals surface area contributed by atoms with Gasteiger partial charge in [0.15, 0.2) is 12.1 Å². The summed E-state index contributed by atoms with van der Waals surface area (Å²) >= 11 is 6.70. The molecule has 1 aliphatic carbocycles. The maximum absolute atomic E-state index is 13.0. The second-order valence-corrected chi connectivity index (χ2v) is 9.64. The lowest BCUT2D eigenvalue weighted by Crippen LogP contribution is -2.31. The molecule has 1 amide bonds. The Balaban J connectivity index is 1.68. The molecule has 8 N–H and O–H groups in total. The van der Waals surface area contributed by atoms with Gasteiger partial charge in [-0.25, -0.2) is 4.79 Å². The van der Waals surface area contributed by atoms with Crippen LogP contribution in [-0.4, -0.2) is 45.4 Å². The first-order valence-electron chi connectivity index (χ1n) is 12.2. The van der Waals surface area contributed by atoms with Crippen LogP contribution >= 0.6 is 11.6 Å². The minimum Gasteiger partial charge on any atom is -0.482 e. The van der Waals surface area contributed by atoms with E-state index in [-0.39, 0.29) is 52.5 Å². The number of amides is 1. The third-order valence-electron chi connectivity index (χ3n) is 6.31. The van der Waals surface area contributed by atoms with Gasteiger partial charge in [-0.05, 0) is 42.5 Å². The molecule has 0 saturated heterocycles. The number of nitrogens with zero attached hydrogens (tertiary/aromatic N) is 2. The van der Waals surface area contributed by atoms with Crippen molar-refractivity contribution in [2.45, 2.75) is 38.3 Å². The number of ether oxygens (including phenoxy) is 1. The number of aromatic nitrogens is 1. The van der Waals surface area contributed by atoms with Crippen molar-refractivity contribution >= 4 is 35.0 Å². The molecule has 1 fully saturated rings. The number of nitrogens with one attached hydrogen (secondary N) is 2. The lowest BCUT2D eigenvalue weighted by molar-refractivity contribution is -0.139. The SMILES string of the molecule is N=C(N)c1ccc(CNC(=O)Cc2c(-c3cc(N)cc(OCC(=O)O)c3)c(Cl)cc(=NC3CCC3)n2O)cc1. The highest BCUT2D eigenvalue weighted by atomic mass is 35.5. The highest BCUT2D eigenvalue weighted by Gasteiger charge is 2.22. The van der Waals surface area contributed by atoms with Crippen LogP contribution in [-0.2, 0) is 22.6 Å². The van der Waals surface area contributed by atoms with E-state index in [1.165, 1.54) is 12.1 Å². The van der Waals surface area contributed by atoms with Gasteiger partial charge in [0.25, 0.3) is 0 Å². The number of nitrogens with two attached hydrogens (primary N) is 2. The Labute approximate surface area is 229 Å². The van der Waals surface area contributed by atoms with E-state index in [0.29, 0.717) is 16.7 Å². The molecule has 1 aliphatic rings. The molecular formula is C27H29ClN6O5. The van der Waals surface area contributed by atoms with Gasteiger partial charge in [-0.3, -0.25) is 15.2 Å². The molecule has 11 nitrogen and oxygen atoms in total. The Morgan fingerprint density at radius 3 is 2.51 bits per heavy atom. The number of halogens is 1. The number of benzene rings is 2. The fourth-order valence-electron chi connectivity index (χ4n) is 4.10. The van der Waals surface area contributed by atoms with Crippen LogP contribution in [0.25, 0.3) is 11.1 Å². The summed E-state index contributed by atoms with van der Waals surface area (Å²) in [6, 6.07) is 13.1. The second kappa shape index (κ2) is 11.9. The predicted molar refractivity (Wildman–Crippen MR) is 146 cm³/mol. The van der Waals surface area contributed by atoms with E-state index in [4.69, 9.17) is 38.3 Å². The molecule has 2 aromatic carbocycles. The standard InChI is InChI=1S/C27H29ClN6O5/c28-21-11-23(33-19-2-1-3-19)34(38)22(12-24(35)32-13-15-4-6-16(7-5-15)27(30)31)26(21)17-8-18(29)10-20(9-17)39-14-25(36)37/h4-11,19,38H,1-3,12-14,29H2,(H3,30,31)(H,32,35)(H,36,37). The molecular weight excluding hydrogens is 524 g/mol. The molecule has 0 unspecified atom stereocenters. The van der Waals surface area contributed by atoms with E-state index in [1.54, 1.807) is 36.4 Å². The molecule has 1 heterocycles. The number of carbonyl (C=O) groups excluding carboxylic acids is 1. The summed E-state index contributed by atoms with van der Waals surface area (Å²) in [7, 11) is 0. The molecule has 4 rings (SSSR count). The monoisotopic (exact) mass is 552 g/mol. The molecule has 39 heavy (non-hydrogen) atoms. The normalized spacial score (nSPS) is 13.5. The third-order valence-corrected chi connectivity index (χ3v) is 6.61. The molecule has 12 heteroatoms. The number of rotatable bonds is 10. The van der Waals surface area contributed by atoms with Crippen LogP contribution in [0, 0.1) is 5.41 Å². The zero-order valence-electron chi connectivity index (χ0n) is 21.0. The summed E-state index contributed by atoms with van der Waals surface area (Å²) in [5.74, 6) is -1.40. The summed E-state index contributed by atoms with van der Waals surface area (Å²) in [6.07, 6.45) is 2.61. The van der Waals surface area contributed by atoms with Gasteiger partial charge in [0, 0.05) is 35.5 Å². The molecule has 1 aromatic heterocycles. The van der Waals surface area contributed by atoms with E-state index >= 15 is 0 Å². The van der Waals surface area contributed by atoms with Crippen molar-refractivity contribution in [3.05, 3.63) is 75.9 Å². The Morgan fingerprint density at radius 1 is 1.18 bits per heavy atom. The number of pyridine rings is 1. The van der Waals surface area contributed by atoms with Crippen molar-refractivity contribution in [1.29, 1.82) is 5.41 Å². The highest BCUT2D eigenvalue weighted by molar-refractivity contribution is 6.33. The average molecular weight is 553 g/mol. The van der Waals surface area contributed by atoms with Crippen LogP contribution in [0.2, 0.25) is 5.02 Å². The lowest BCUT2D eigenvalue weighted by Gasteiger charge is -2.22. The van der Waals surface area contributed by atoms with Crippen LogP contribution in [0.5, 0.6) is 5.75 Å². The van der Waals surface area contributed by atoms with E-state index in [2.05, 4.69) is 10.3 Å². The molecule has 0 atom stereocenters. The maximum Gasteiger partial charge on any atom is 0.341 e. The summed E-state index contributed by atoms with van der Waals surface area (Å²) in [5, 5.41) is 30.7. The number of hydrogen-bond donors (Lipinski definition) is 6. The smallest absolute Gasteiger partial charge is 0.341 e. The van der Waals surface area contributed by atoms with Crippen molar-refractivity contribution in [2.24, 2.45) is 10.7 Å². The fraction of sp³-hybridized carbons (Fsp3) is 0.259. The fourth-order valence-corrected chi connectivity index (χ4v) is 4.42. The van der Waals surface area contributed by atoms with Crippen molar-refractivity contribution in [3.63, 3.8) is 0 Å². The van der Waals surface area contributed by atoms with Gasteiger partial charge in [-0.2, -0.15) is 4.73 Å². The zero-order valence-corrected chi connectivity index (χ0v) is 21.7. The molecule has 0 spiro atoms. The topological polar surface area (TPSA) is 189 Å². The number of carboxylic acid groups (broad SMARTS) is 1. The summed E-state index contributed by atoms with van der Waals surface area (Å²) < 4.78 is 6.16. The van der Waals surface area contributed by atoms with E-state index < -0.39 is 18.5 Å². The van der Waals surface area contributed by atoms with Crippen molar-refractivity contribution in [1.82, 2.24) is 10.0 Å². The minimum absolute atomic E-state index is 0.0484. The summed E-state index contributed by atoms with van der Waals surface area (Å²) in [5.41, 5.74) is 14.4. The minimum atomic E-state index is -1.15. The van der Waals surface area contributed by atoms with Crippen molar-refractivity contribution in [3.8, 4) is 16.9 Å². The van der Waals surface area contributed by atoms with E-state index in [0.717, 1.165) is 29.6 Å². The molecule has 1 saturated carbocycles. The van der Waals surface area contributed by atoms with Crippen LogP contribution < -0.4 is 27.0 Å².